The van der Waals surface area contributed by atoms with Crippen LogP contribution in [-0.2, 0) is 15.7 Å². The molecule has 0 radical (unpaired) electrons. The van der Waals surface area contributed by atoms with Crippen LogP contribution < -0.4 is 10.1 Å². The number of amides is 2. The molecule has 3 heterocycles. The Balaban J connectivity index is 1.65. The fourth-order valence-corrected chi connectivity index (χ4v) is 4.27. The third-order valence-electron chi connectivity index (χ3n) is 4.72. The zero-order chi connectivity index (χ0) is 25.3. The van der Waals surface area contributed by atoms with Gasteiger partial charge in [0.25, 0.3) is 5.91 Å². The molecule has 0 aliphatic carbocycles. The molecule has 0 aromatic carbocycles. The summed E-state index contributed by atoms with van der Waals surface area (Å²) in [6.45, 7) is 0.445. The van der Waals surface area contributed by atoms with Gasteiger partial charge in [0.2, 0.25) is 5.88 Å². The molecule has 1 aliphatic rings. The van der Waals surface area contributed by atoms with Crippen LogP contribution in [0.25, 0.3) is 10.2 Å². The van der Waals surface area contributed by atoms with Crippen LogP contribution in [0.4, 0.5) is 31.1 Å². The molecule has 0 saturated carbocycles. The number of rotatable bonds is 7. The van der Waals surface area contributed by atoms with Crippen LogP contribution in [0.2, 0.25) is 0 Å². The van der Waals surface area contributed by atoms with Gasteiger partial charge in [0.1, 0.15) is 5.60 Å². The Morgan fingerprint density at radius 3 is 2.47 bits per heavy atom. The standard InChI is InChI=1S/C19H19F6N3O5S/c1-17(8-28(9-17)16(30)31-4-3-5-32-19(23,24)25)33-12-6-11(18(20,21)22)14-13(27-12)10(7-34-14)15(29)26-2/h6-7H,3-5,8-9H2,1-2H3,(H,26,29). The van der Waals surface area contributed by atoms with E-state index in [-0.39, 0.29) is 47.8 Å². The molecule has 188 valence electrons. The number of fused-ring (bicyclic) bond motifs is 1. The smallest absolute Gasteiger partial charge is 0.468 e. The maximum atomic E-state index is 13.6. The first kappa shape index (κ1) is 25.8. The van der Waals surface area contributed by atoms with Crippen LogP contribution >= 0.6 is 11.3 Å². The summed E-state index contributed by atoms with van der Waals surface area (Å²) in [5.74, 6) is -0.975. The number of carbonyl (C=O) groups excluding carboxylic acids is 2. The SMILES string of the molecule is CNC(=O)c1csc2c(C(F)(F)F)cc(OC3(C)CN(C(=O)OCCCOC(F)(F)F)C3)nc12. The van der Waals surface area contributed by atoms with Crippen LogP contribution in [-0.4, -0.2) is 67.2 Å². The van der Waals surface area contributed by atoms with Crippen molar-refractivity contribution >= 4 is 33.6 Å². The highest BCUT2D eigenvalue weighted by Crippen LogP contribution is 2.41. The molecule has 3 rings (SSSR count). The largest absolute Gasteiger partial charge is 0.522 e. The van der Waals surface area contributed by atoms with Gasteiger partial charge in [-0.15, -0.1) is 24.5 Å². The number of halogens is 6. The van der Waals surface area contributed by atoms with Crippen molar-refractivity contribution in [3.63, 3.8) is 0 Å². The van der Waals surface area contributed by atoms with E-state index in [4.69, 9.17) is 9.47 Å². The normalized spacial score (nSPS) is 15.7. The highest BCUT2D eigenvalue weighted by molar-refractivity contribution is 7.17. The van der Waals surface area contributed by atoms with Crippen LogP contribution in [0.1, 0.15) is 29.3 Å². The van der Waals surface area contributed by atoms with Gasteiger partial charge in [-0.3, -0.25) is 9.53 Å². The lowest BCUT2D eigenvalue weighted by Gasteiger charge is -2.46. The number of nitrogens with one attached hydrogen (secondary N) is 1. The second-order valence-corrected chi connectivity index (χ2v) is 8.46. The molecule has 15 heteroatoms. The van der Waals surface area contributed by atoms with E-state index in [0.717, 1.165) is 17.4 Å². The summed E-state index contributed by atoms with van der Waals surface area (Å²) in [6.07, 6.45) is -10.5. The van der Waals surface area contributed by atoms with Crippen LogP contribution in [0.15, 0.2) is 11.4 Å². The predicted octanol–water partition coefficient (Wildman–Crippen LogP) is 4.19. The number of thiophene rings is 1. The Hall–Kier alpha value is -2.81. The molecule has 1 aliphatic heterocycles. The number of alkyl halides is 6. The van der Waals surface area contributed by atoms with Crippen molar-refractivity contribution in [2.45, 2.75) is 31.5 Å². The van der Waals surface area contributed by atoms with Gasteiger partial charge in [-0.25, -0.2) is 9.78 Å². The van der Waals surface area contributed by atoms with Gasteiger partial charge < -0.3 is 19.7 Å². The van der Waals surface area contributed by atoms with Crippen LogP contribution in [0, 0.1) is 0 Å². The number of likely N-dealkylation sites (tertiary alicyclic amines) is 1. The van der Waals surface area contributed by atoms with Gasteiger partial charge in [0, 0.05) is 24.9 Å². The number of carbonyl (C=O) groups is 2. The summed E-state index contributed by atoms with van der Waals surface area (Å²) < 4.78 is 90.4. The van der Waals surface area contributed by atoms with Gasteiger partial charge in [-0.05, 0) is 6.92 Å². The molecule has 2 aromatic heterocycles. The highest BCUT2D eigenvalue weighted by Gasteiger charge is 2.45. The lowest BCUT2D eigenvalue weighted by molar-refractivity contribution is -0.325. The Morgan fingerprint density at radius 2 is 1.88 bits per heavy atom. The third kappa shape index (κ3) is 6.00. The minimum atomic E-state index is -4.77. The Labute approximate surface area is 192 Å². The number of hydrogen-bond acceptors (Lipinski definition) is 7. The van der Waals surface area contributed by atoms with Crippen molar-refractivity contribution in [1.82, 2.24) is 15.2 Å². The van der Waals surface area contributed by atoms with Crippen molar-refractivity contribution in [1.29, 1.82) is 0 Å². The molecule has 2 aromatic rings. The molecule has 0 atom stereocenters. The maximum Gasteiger partial charge on any atom is 0.522 e. The number of nitrogens with zero attached hydrogens (tertiary/aromatic N) is 2. The molecule has 8 nitrogen and oxygen atoms in total. The van der Waals surface area contributed by atoms with Crippen LogP contribution in [0.3, 0.4) is 0 Å². The molecular weight excluding hydrogens is 496 g/mol. The number of pyridine rings is 1. The van der Waals surface area contributed by atoms with Gasteiger partial charge in [-0.1, -0.05) is 0 Å². The average Bonchev–Trinajstić information content (AvgIpc) is 3.12. The van der Waals surface area contributed by atoms with E-state index >= 15 is 0 Å². The molecule has 1 saturated heterocycles. The molecule has 34 heavy (non-hydrogen) atoms. The van der Waals surface area contributed by atoms with Crippen molar-refractivity contribution in [3.8, 4) is 5.88 Å². The Kier molecular flexibility index (Phi) is 7.17. The second kappa shape index (κ2) is 9.44. The lowest BCUT2D eigenvalue weighted by Crippen LogP contribution is -2.64. The van der Waals surface area contributed by atoms with E-state index in [1.165, 1.54) is 17.3 Å². The van der Waals surface area contributed by atoms with Crippen molar-refractivity contribution in [2.75, 3.05) is 33.4 Å². The van der Waals surface area contributed by atoms with E-state index in [0.29, 0.717) is 0 Å². The monoisotopic (exact) mass is 515 g/mol. The van der Waals surface area contributed by atoms with Gasteiger partial charge >= 0.3 is 18.6 Å². The minimum Gasteiger partial charge on any atom is -0.468 e. The molecule has 2 amide bonds. The summed E-state index contributed by atoms with van der Waals surface area (Å²) in [5.41, 5.74) is -2.29. The fourth-order valence-electron chi connectivity index (χ4n) is 3.25. The molecule has 0 unspecified atom stereocenters. The van der Waals surface area contributed by atoms with Gasteiger partial charge in [0.05, 0.1) is 47.6 Å². The summed E-state index contributed by atoms with van der Waals surface area (Å²) in [4.78, 5) is 29.3. The summed E-state index contributed by atoms with van der Waals surface area (Å²) >= 11 is 0.735. The topological polar surface area (TPSA) is 90.0 Å². The zero-order valence-electron chi connectivity index (χ0n) is 17.8. The van der Waals surface area contributed by atoms with E-state index in [9.17, 15) is 35.9 Å². The van der Waals surface area contributed by atoms with E-state index in [1.54, 1.807) is 6.92 Å². The van der Waals surface area contributed by atoms with Crippen LogP contribution in [0.5, 0.6) is 5.88 Å². The quantitative estimate of drug-likeness (QED) is 0.440. The van der Waals surface area contributed by atoms with Crippen molar-refractivity contribution in [3.05, 3.63) is 22.6 Å². The van der Waals surface area contributed by atoms with E-state index in [2.05, 4.69) is 15.0 Å². The first-order chi connectivity index (χ1) is 15.7. The maximum absolute atomic E-state index is 13.6. The average molecular weight is 515 g/mol. The fraction of sp³-hybridized carbons (Fsp3) is 0.526. The molecular formula is C19H19F6N3O5S. The Bertz CT molecular complexity index is 1070. The minimum absolute atomic E-state index is 0.0306. The molecule has 0 bridgehead atoms. The lowest BCUT2D eigenvalue weighted by atomic mass is 9.97. The third-order valence-corrected chi connectivity index (χ3v) is 5.72. The van der Waals surface area contributed by atoms with Crippen molar-refractivity contribution < 1.29 is 50.1 Å². The highest BCUT2D eigenvalue weighted by atomic mass is 32.1. The predicted molar refractivity (Wildman–Crippen MR) is 107 cm³/mol. The first-order valence-electron chi connectivity index (χ1n) is 9.75. The zero-order valence-corrected chi connectivity index (χ0v) is 18.6. The summed E-state index contributed by atoms with van der Waals surface area (Å²) in [6, 6.07) is 0.735. The second-order valence-electron chi connectivity index (χ2n) is 7.58. The van der Waals surface area contributed by atoms with Crippen molar-refractivity contribution in [2.24, 2.45) is 0 Å². The summed E-state index contributed by atoms with van der Waals surface area (Å²) in [5, 5.41) is 3.62. The Morgan fingerprint density at radius 1 is 1.21 bits per heavy atom. The number of ether oxygens (including phenoxy) is 3. The number of aromatic nitrogens is 1. The first-order valence-corrected chi connectivity index (χ1v) is 10.6. The summed E-state index contributed by atoms with van der Waals surface area (Å²) in [7, 11) is 1.34. The van der Waals surface area contributed by atoms with Gasteiger partial charge in [-0.2, -0.15) is 13.2 Å². The number of hydrogen-bond donors (Lipinski definition) is 1. The molecule has 1 fully saturated rings. The molecule has 1 N–H and O–H groups in total. The van der Waals surface area contributed by atoms with E-state index in [1.807, 2.05) is 0 Å². The molecule has 0 spiro atoms. The van der Waals surface area contributed by atoms with Gasteiger partial charge in [0.15, 0.2) is 0 Å². The van der Waals surface area contributed by atoms with E-state index < -0.39 is 42.3 Å².